The van der Waals surface area contributed by atoms with Gasteiger partial charge in [-0.2, -0.15) is 0 Å². The maximum Gasteiger partial charge on any atom is 0.242 e. The molecule has 0 aromatic heterocycles. The predicted molar refractivity (Wildman–Crippen MR) is 136 cm³/mol. The highest BCUT2D eigenvalue weighted by Gasteiger charge is 2.23. The lowest BCUT2D eigenvalue weighted by Gasteiger charge is -2.21. The number of rotatable bonds is 12. The van der Waals surface area contributed by atoms with Crippen LogP contribution in [0.2, 0.25) is 0 Å². The summed E-state index contributed by atoms with van der Waals surface area (Å²) in [7, 11) is 0. The molecule has 0 saturated carbocycles. The fourth-order valence-electron chi connectivity index (χ4n) is 2.39. The summed E-state index contributed by atoms with van der Waals surface area (Å²) in [5.74, 6) is -2.53. The minimum atomic E-state index is -0.777. The first-order valence-electron chi connectivity index (χ1n) is 11.7. The number of benzene rings is 1. The van der Waals surface area contributed by atoms with Gasteiger partial charge in [-0.15, -0.1) is 0 Å². The van der Waals surface area contributed by atoms with Gasteiger partial charge in [0, 0.05) is 13.0 Å². The second kappa shape index (κ2) is 21.1. The van der Waals surface area contributed by atoms with Crippen molar-refractivity contribution in [3.05, 3.63) is 35.9 Å². The van der Waals surface area contributed by atoms with Crippen LogP contribution in [0, 0.1) is 12.8 Å². The molecule has 0 aliphatic heterocycles. The number of carbonyl (C=O) groups is 5. The van der Waals surface area contributed by atoms with Gasteiger partial charge in [-0.3, -0.25) is 24.0 Å². The summed E-state index contributed by atoms with van der Waals surface area (Å²) in [6.45, 7) is 9.11. The largest absolute Gasteiger partial charge is 0.368 e. The summed E-state index contributed by atoms with van der Waals surface area (Å²) in [6, 6.07) is 9.48. The van der Waals surface area contributed by atoms with E-state index in [9.17, 15) is 24.0 Å². The quantitative estimate of drug-likeness (QED) is 0.217. The van der Waals surface area contributed by atoms with Crippen LogP contribution >= 0.6 is 0 Å². The predicted octanol–water partition coefficient (Wildman–Crippen LogP) is -0.279. The second-order valence-corrected chi connectivity index (χ2v) is 7.56. The van der Waals surface area contributed by atoms with Crippen molar-refractivity contribution in [1.29, 1.82) is 0 Å². The molecule has 1 rings (SSSR count). The van der Waals surface area contributed by atoms with E-state index in [1.54, 1.807) is 13.8 Å². The second-order valence-electron chi connectivity index (χ2n) is 7.56. The maximum atomic E-state index is 12.2. The third-order valence-corrected chi connectivity index (χ3v) is 4.18. The summed E-state index contributed by atoms with van der Waals surface area (Å²) in [6.07, 6.45) is 0.485. The van der Waals surface area contributed by atoms with Crippen molar-refractivity contribution in [2.24, 2.45) is 17.4 Å². The summed E-state index contributed by atoms with van der Waals surface area (Å²) >= 11 is 0. The van der Waals surface area contributed by atoms with Crippen LogP contribution in [-0.4, -0.2) is 61.8 Å². The Balaban J connectivity index is 0. The molecule has 8 N–H and O–H groups in total. The minimum Gasteiger partial charge on any atom is -0.368 e. The molecule has 0 radical (unpaired) electrons. The Labute approximate surface area is 208 Å². The van der Waals surface area contributed by atoms with Crippen LogP contribution in [0.5, 0.6) is 0 Å². The maximum absolute atomic E-state index is 12.2. The molecule has 198 valence electrons. The summed E-state index contributed by atoms with van der Waals surface area (Å²) in [5, 5.41) is 9.83. The lowest BCUT2D eigenvalue weighted by atomic mass is 10.0. The number of carbonyl (C=O) groups excluding carboxylic acids is 5. The molecule has 0 fully saturated rings. The van der Waals surface area contributed by atoms with Crippen LogP contribution in [0.4, 0.5) is 0 Å². The zero-order chi connectivity index (χ0) is 27.2. The van der Waals surface area contributed by atoms with Gasteiger partial charge in [0.15, 0.2) is 0 Å². The molecule has 0 saturated heterocycles. The number of primary amides is 1. The van der Waals surface area contributed by atoms with Crippen LogP contribution in [0.15, 0.2) is 30.3 Å². The molecule has 1 aromatic rings. The molecule has 0 aliphatic carbocycles. The topological polar surface area (TPSA) is 186 Å². The molecule has 1 aromatic carbocycles. The minimum absolute atomic E-state index is 0.122. The third kappa shape index (κ3) is 19.7. The van der Waals surface area contributed by atoms with Crippen LogP contribution in [0.3, 0.4) is 0 Å². The van der Waals surface area contributed by atoms with E-state index >= 15 is 0 Å². The number of amides is 5. The first kappa shape index (κ1) is 33.7. The van der Waals surface area contributed by atoms with Crippen molar-refractivity contribution < 1.29 is 24.0 Å². The summed E-state index contributed by atoms with van der Waals surface area (Å²) in [4.78, 5) is 56.9. The molecule has 11 heteroatoms. The van der Waals surface area contributed by atoms with Crippen molar-refractivity contribution in [3.8, 4) is 0 Å². The molecule has 1 atom stereocenters. The van der Waals surface area contributed by atoms with E-state index in [0.717, 1.165) is 0 Å². The van der Waals surface area contributed by atoms with Gasteiger partial charge in [-0.25, -0.2) is 0 Å². The third-order valence-electron chi connectivity index (χ3n) is 4.18. The van der Waals surface area contributed by atoms with Gasteiger partial charge in [-0.05, 0) is 19.3 Å². The molecule has 5 amide bonds. The van der Waals surface area contributed by atoms with Crippen LogP contribution < -0.4 is 32.7 Å². The molecule has 1 unspecified atom stereocenters. The Morgan fingerprint density at radius 2 is 1.43 bits per heavy atom. The average molecular weight is 495 g/mol. The van der Waals surface area contributed by atoms with Gasteiger partial charge in [0.2, 0.25) is 29.5 Å². The molecule has 0 aliphatic rings. The average Bonchev–Trinajstić information content (AvgIpc) is 2.84. The Morgan fingerprint density at radius 3 is 1.89 bits per heavy atom. The van der Waals surface area contributed by atoms with E-state index in [2.05, 4.69) is 40.3 Å². The number of nitrogens with two attached hydrogens (primary N) is 2. The first-order valence-corrected chi connectivity index (χ1v) is 11.7. The monoisotopic (exact) mass is 494 g/mol. The highest BCUT2D eigenvalue weighted by Crippen LogP contribution is 2.02. The lowest BCUT2D eigenvalue weighted by molar-refractivity contribution is -0.130. The van der Waals surface area contributed by atoms with Crippen molar-refractivity contribution >= 4 is 29.5 Å². The van der Waals surface area contributed by atoms with E-state index in [1.807, 2.05) is 32.0 Å². The zero-order valence-corrected chi connectivity index (χ0v) is 21.5. The molecule has 0 spiro atoms. The fourth-order valence-corrected chi connectivity index (χ4v) is 2.39. The molecule has 11 nitrogen and oxygen atoms in total. The normalized spacial score (nSPS) is 10.4. The lowest BCUT2D eigenvalue weighted by Crippen LogP contribution is -2.52. The number of nitrogens with one attached hydrogen (secondary N) is 4. The Bertz CT molecular complexity index is 771. The first-order chi connectivity index (χ1) is 16.6. The van der Waals surface area contributed by atoms with E-state index < -0.39 is 29.7 Å². The van der Waals surface area contributed by atoms with Gasteiger partial charge >= 0.3 is 0 Å². The van der Waals surface area contributed by atoms with Gasteiger partial charge in [0.1, 0.15) is 6.04 Å². The Hall–Kier alpha value is -3.47. The zero-order valence-electron chi connectivity index (χ0n) is 21.5. The van der Waals surface area contributed by atoms with Gasteiger partial charge in [0.05, 0.1) is 19.6 Å². The van der Waals surface area contributed by atoms with E-state index in [4.69, 9.17) is 11.5 Å². The Kier molecular flexibility index (Phi) is 20.3. The highest BCUT2D eigenvalue weighted by atomic mass is 16.2. The molecular weight excluding hydrogens is 452 g/mol. The van der Waals surface area contributed by atoms with Gasteiger partial charge in [0.25, 0.3) is 0 Å². The molecule has 35 heavy (non-hydrogen) atoms. The van der Waals surface area contributed by atoms with Crippen molar-refractivity contribution in [3.63, 3.8) is 0 Å². The fraction of sp³-hybridized carbons (Fsp3) is 0.542. The van der Waals surface area contributed by atoms with Crippen LogP contribution in [-0.2, 0) is 24.0 Å². The summed E-state index contributed by atoms with van der Waals surface area (Å²) in [5.41, 5.74) is 11.3. The smallest absolute Gasteiger partial charge is 0.242 e. The van der Waals surface area contributed by atoms with Crippen LogP contribution in [0.25, 0.3) is 0 Å². The number of hydrogen-bond donors (Lipinski definition) is 6. The molecule has 0 bridgehead atoms. The van der Waals surface area contributed by atoms with Crippen molar-refractivity contribution in [2.45, 2.75) is 53.5 Å². The van der Waals surface area contributed by atoms with E-state index in [0.29, 0.717) is 6.42 Å². The highest BCUT2D eigenvalue weighted by molar-refractivity contribution is 5.90. The van der Waals surface area contributed by atoms with Gasteiger partial charge in [-0.1, -0.05) is 63.6 Å². The van der Waals surface area contributed by atoms with E-state index in [1.165, 1.54) is 5.56 Å². The standard InChI is InChI=1S/C15H28N6O5.C7H8.C2H6/c1-9(2)14(21-13(25)8-20-12(24)6-16)15(26)18-5-3-4-11(23)19-7-10(17)22;1-7-5-3-2-4-6-7;1-2/h9,14H,3-8,16H2,1-2H3,(H2,17,22)(H,18,26)(H,19,23)(H,20,24)(H,21,25);2-6H,1H3;1-2H3. The molecule has 0 heterocycles. The number of aryl methyl sites for hydroxylation is 1. The summed E-state index contributed by atoms with van der Waals surface area (Å²) < 4.78 is 0. The number of hydrogen-bond acceptors (Lipinski definition) is 6. The van der Waals surface area contributed by atoms with Crippen molar-refractivity contribution in [1.82, 2.24) is 21.3 Å². The Morgan fingerprint density at radius 1 is 0.857 bits per heavy atom. The van der Waals surface area contributed by atoms with Crippen molar-refractivity contribution in [2.75, 3.05) is 26.2 Å². The van der Waals surface area contributed by atoms with Gasteiger partial charge < -0.3 is 32.7 Å². The van der Waals surface area contributed by atoms with E-state index in [-0.39, 0.29) is 44.4 Å². The SMILES string of the molecule is CC.CC(C)C(NC(=O)CNC(=O)CN)C(=O)NCCCC(=O)NCC(N)=O.Cc1ccccc1. The van der Waals surface area contributed by atoms with Crippen LogP contribution in [0.1, 0.15) is 46.1 Å². The molecular formula is C24H42N6O5.